The van der Waals surface area contributed by atoms with E-state index < -0.39 is 5.54 Å². The van der Waals surface area contributed by atoms with E-state index in [1.165, 1.54) is 0 Å². The normalized spacial score (nSPS) is 16.2. The Hall–Kier alpha value is -1.66. The molecule has 0 aliphatic heterocycles. The predicted octanol–water partition coefficient (Wildman–Crippen LogP) is 1.82. The first-order valence-corrected chi connectivity index (χ1v) is 5.29. The van der Waals surface area contributed by atoms with Crippen molar-refractivity contribution in [1.82, 2.24) is 5.32 Å². The molecule has 4 heteroatoms. The van der Waals surface area contributed by atoms with Gasteiger partial charge in [-0.25, -0.2) is 0 Å². The van der Waals surface area contributed by atoms with Crippen LogP contribution in [0.4, 0.5) is 5.69 Å². The molecule has 3 N–H and O–H groups in total. The van der Waals surface area contributed by atoms with Crippen LogP contribution < -0.4 is 11.1 Å². The van der Waals surface area contributed by atoms with Crippen LogP contribution in [0.25, 0.3) is 0 Å². The molecule has 82 valence electrons. The Labute approximate surface area is 99.0 Å². The number of benzene rings is 1. The average Bonchev–Trinajstić information content (AvgIpc) is 3.02. The molecule has 1 saturated carbocycles. The van der Waals surface area contributed by atoms with Crippen LogP contribution in [0.15, 0.2) is 18.2 Å². The summed E-state index contributed by atoms with van der Waals surface area (Å²) in [6.07, 6.45) is 6.97. The predicted molar refractivity (Wildman–Crippen MR) is 64.1 cm³/mol. The minimum absolute atomic E-state index is 0.271. The summed E-state index contributed by atoms with van der Waals surface area (Å²) in [6.45, 7) is 0. The van der Waals surface area contributed by atoms with Crippen LogP contribution in [-0.4, -0.2) is 11.4 Å². The Bertz CT molecular complexity index is 486. The number of carbonyl (C=O) groups excluding carboxylic acids is 1. The summed E-state index contributed by atoms with van der Waals surface area (Å²) in [5, 5.41) is 3.16. The first-order valence-electron chi connectivity index (χ1n) is 4.92. The number of anilines is 1. The molecule has 1 fully saturated rings. The van der Waals surface area contributed by atoms with Crippen molar-refractivity contribution in [2.45, 2.75) is 18.4 Å². The summed E-state index contributed by atoms with van der Waals surface area (Å²) in [6, 6.07) is 4.79. The van der Waals surface area contributed by atoms with Gasteiger partial charge in [0.15, 0.2) is 0 Å². The lowest BCUT2D eigenvalue weighted by Crippen LogP contribution is -2.35. The van der Waals surface area contributed by atoms with Crippen molar-refractivity contribution in [3.63, 3.8) is 0 Å². The van der Waals surface area contributed by atoms with Gasteiger partial charge in [-0.2, -0.15) is 0 Å². The molecule has 3 nitrogen and oxygen atoms in total. The Morgan fingerprint density at radius 2 is 2.25 bits per heavy atom. The third-order valence-corrected chi connectivity index (χ3v) is 2.94. The molecule has 0 unspecified atom stereocenters. The molecule has 0 spiro atoms. The number of rotatable bonds is 2. The number of nitrogens with two attached hydrogens (primary N) is 1. The van der Waals surface area contributed by atoms with Crippen molar-refractivity contribution >= 4 is 23.2 Å². The van der Waals surface area contributed by atoms with Crippen LogP contribution >= 0.6 is 11.6 Å². The van der Waals surface area contributed by atoms with E-state index in [0.29, 0.717) is 16.3 Å². The van der Waals surface area contributed by atoms with E-state index in [0.717, 1.165) is 12.8 Å². The fourth-order valence-corrected chi connectivity index (χ4v) is 1.64. The lowest BCUT2D eigenvalue weighted by atomic mass is 10.1. The van der Waals surface area contributed by atoms with Crippen LogP contribution in [0, 0.1) is 12.3 Å². The van der Waals surface area contributed by atoms with Crippen molar-refractivity contribution in [2.24, 2.45) is 0 Å². The number of hydrogen-bond donors (Lipinski definition) is 2. The maximum absolute atomic E-state index is 11.9. The zero-order valence-corrected chi connectivity index (χ0v) is 9.34. The zero-order valence-electron chi connectivity index (χ0n) is 8.59. The van der Waals surface area contributed by atoms with Gasteiger partial charge in [0.2, 0.25) is 0 Å². The molecule has 1 aliphatic carbocycles. The fourth-order valence-electron chi connectivity index (χ4n) is 1.43. The van der Waals surface area contributed by atoms with Crippen molar-refractivity contribution in [2.75, 3.05) is 5.73 Å². The molecule has 0 aromatic heterocycles. The van der Waals surface area contributed by atoms with Crippen LogP contribution in [0.1, 0.15) is 23.2 Å². The first kappa shape index (κ1) is 10.8. The van der Waals surface area contributed by atoms with E-state index in [1.54, 1.807) is 18.2 Å². The van der Waals surface area contributed by atoms with E-state index in [2.05, 4.69) is 11.2 Å². The van der Waals surface area contributed by atoms with Gasteiger partial charge >= 0.3 is 0 Å². The molecule has 0 heterocycles. The lowest BCUT2D eigenvalue weighted by molar-refractivity contribution is 0.0942. The highest BCUT2D eigenvalue weighted by Crippen LogP contribution is 2.35. The van der Waals surface area contributed by atoms with Gasteiger partial charge in [0.1, 0.15) is 5.54 Å². The van der Waals surface area contributed by atoms with E-state index in [9.17, 15) is 4.79 Å². The minimum atomic E-state index is -0.467. The molecule has 1 aromatic carbocycles. The Morgan fingerprint density at radius 1 is 1.56 bits per heavy atom. The van der Waals surface area contributed by atoms with Gasteiger partial charge in [-0.3, -0.25) is 4.79 Å². The van der Waals surface area contributed by atoms with Crippen LogP contribution in [0.3, 0.4) is 0 Å². The maximum atomic E-state index is 11.9. The van der Waals surface area contributed by atoms with Gasteiger partial charge in [0.05, 0.1) is 10.6 Å². The summed E-state index contributed by atoms with van der Waals surface area (Å²) < 4.78 is 0. The monoisotopic (exact) mass is 234 g/mol. The molecular weight excluding hydrogens is 224 g/mol. The minimum Gasteiger partial charge on any atom is -0.399 e. The zero-order chi connectivity index (χ0) is 11.8. The number of amides is 1. The summed E-state index contributed by atoms with van der Waals surface area (Å²) in [5.74, 6) is 2.31. The third-order valence-electron chi connectivity index (χ3n) is 2.61. The number of nitrogen functional groups attached to an aromatic ring is 1. The quantitative estimate of drug-likeness (QED) is 0.606. The van der Waals surface area contributed by atoms with E-state index in [4.69, 9.17) is 23.8 Å². The number of terminal acetylenes is 1. The maximum Gasteiger partial charge on any atom is 0.254 e. The summed E-state index contributed by atoms with van der Waals surface area (Å²) in [7, 11) is 0. The second-order valence-electron chi connectivity index (χ2n) is 3.92. The van der Waals surface area contributed by atoms with Gasteiger partial charge in [-0.05, 0) is 31.0 Å². The third kappa shape index (κ3) is 1.98. The molecule has 0 radical (unpaired) electrons. The van der Waals surface area contributed by atoms with Gasteiger partial charge in [0.25, 0.3) is 5.91 Å². The molecule has 0 saturated heterocycles. The van der Waals surface area contributed by atoms with Gasteiger partial charge in [0, 0.05) is 5.69 Å². The van der Waals surface area contributed by atoms with Crippen LogP contribution in [0.2, 0.25) is 5.02 Å². The van der Waals surface area contributed by atoms with Crippen molar-refractivity contribution in [3.05, 3.63) is 28.8 Å². The lowest BCUT2D eigenvalue weighted by Gasteiger charge is -2.11. The average molecular weight is 235 g/mol. The molecule has 0 atom stereocenters. The number of hydrogen-bond acceptors (Lipinski definition) is 2. The van der Waals surface area contributed by atoms with Crippen molar-refractivity contribution in [1.29, 1.82) is 0 Å². The smallest absolute Gasteiger partial charge is 0.254 e. The Balaban J connectivity index is 2.22. The van der Waals surface area contributed by atoms with Crippen molar-refractivity contribution < 1.29 is 4.79 Å². The number of carbonyl (C=O) groups is 1. The van der Waals surface area contributed by atoms with Crippen LogP contribution in [0.5, 0.6) is 0 Å². The van der Waals surface area contributed by atoms with Crippen molar-refractivity contribution in [3.8, 4) is 12.3 Å². The molecule has 1 amide bonds. The van der Waals surface area contributed by atoms with Gasteiger partial charge < -0.3 is 11.1 Å². The topological polar surface area (TPSA) is 55.1 Å². The fraction of sp³-hybridized carbons (Fsp3) is 0.250. The van der Waals surface area contributed by atoms with Crippen LogP contribution in [-0.2, 0) is 0 Å². The van der Waals surface area contributed by atoms with E-state index >= 15 is 0 Å². The molecule has 0 bridgehead atoms. The highest BCUT2D eigenvalue weighted by molar-refractivity contribution is 6.34. The number of nitrogens with one attached hydrogen (secondary N) is 1. The molecule has 1 aromatic rings. The molecule has 1 aliphatic rings. The standard InChI is InChI=1S/C12H11ClN2O/c1-2-12(5-6-12)15-11(16)9-7-8(14)3-4-10(9)13/h1,3-4,7H,5-6,14H2,(H,15,16). The SMILES string of the molecule is C#CC1(NC(=O)c2cc(N)ccc2Cl)CC1. The van der Waals surface area contributed by atoms with E-state index in [-0.39, 0.29) is 5.91 Å². The molecular formula is C12H11ClN2O. The highest BCUT2D eigenvalue weighted by atomic mass is 35.5. The number of halogens is 1. The Morgan fingerprint density at radius 3 is 2.81 bits per heavy atom. The summed E-state index contributed by atoms with van der Waals surface area (Å²) in [5.41, 5.74) is 6.00. The summed E-state index contributed by atoms with van der Waals surface area (Å²) >= 11 is 5.92. The Kier molecular flexibility index (Phi) is 2.53. The molecule has 2 rings (SSSR count). The highest BCUT2D eigenvalue weighted by Gasteiger charge is 2.42. The van der Waals surface area contributed by atoms with Gasteiger partial charge in [-0.1, -0.05) is 17.5 Å². The van der Waals surface area contributed by atoms with Gasteiger partial charge in [-0.15, -0.1) is 6.42 Å². The van der Waals surface area contributed by atoms with E-state index in [1.807, 2.05) is 0 Å². The first-order chi connectivity index (χ1) is 7.56. The summed E-state index contributed by atoms with van der Waals surface area (Å²) in [4.78, 5) is 11.9. The second-order valence-corrected chi connectivity index (χ2v) is 4.33. The largest absolute Gasteiger partial charge is 0.399 e. The molecule has 16 heavy (non-hydrogen) atoms. The second kappa shape index (κ2) is 3.73.